The maximum absolute atomic E-state index is 12.8. The molecule has 27 heavy (non-hydrogen) atoms. The second-order valence-electron chi connectivity index (χ2n) is 6.35. The number of carbonyl (C=O) groups is 1. The van der Waals surface area contributed by atoms with Gasteiger partial charge in [-0.15, -0.1) is 0 Å². The van der Waals surface area contributed by atoms with Gasteiger partial charge in [-0.25, -0.2) is 18.2 Å². The highest BCUT2D eigenvalue weighted by Gasteiger charge is 2.30. The van der Waals surface area contributed by atoms with Crippen LogP contribution in [0.1, 0.15) is 28.9 Å². The highest BCUT2D eigenvalue weighted by atomic mass is 32.2. The Kier molecular flexibility index (Phi) is 5.76. The van der Waals surface area contributed by atoms with Crippen LogP contribution in [0.25, 0.3) is 0 Å². The van der Waals surface area contributed by atoms with Gasteiger partial charge in [-0.2, -0.15) is 4.31 Å². The van der Waals surface area contributed by atoms with Crippen LogP contribution in [0.3, 0.4) is 0 Å². The number of ether oxygens (including phenoxy) is 2. The smallest absolute Gasteiger partial charge is 0.337 e. The quantitative estimate of drug-likeness (QED) is 0.729. The largest absolute Gasteiger partial charge is 0.474 e. The summed E-state index contributed by atoms with van der Waals surface area (Å²) in [7, 11) is -2.32. The number of sulfonamides is 1. The lowest BCUT2D eigenvalue weighted by molar-refractivity contribution is 0.0600. The summed E-state index contributed by atoms with van der Waals surface area (Å²) in [6.45, 7) is 2.64. The number of hydrogen-bond donors (Lipinski definition) is 0. The fourth-order valence-corrected chi connectivity index (χ4v) is 4.44. The first-order valence-electron chi connectivity index (χ1n) is 8.69. The highest BCUT2D eigenvalue weighted by Crippen LogP contribution is 2.23. The summed E-state index contributed by atoms with van der Waals surface area (Å²) in [6, 6.07) is 11.4. The third-order valence-electron chi connectivity index (χ3n) is 4.46. The molecule has 7 nitrogen and oxygen atoms in total. The van der Waals surface area contributed by atoms with E-state index >= 15 is 0 Å². The van der Waals surface area contributed by atoms with E-state index in [0.29, 0.717) is 37.4 Å². The summed E-state index contributed by atoms with van der Waals surface area (Å²) in [5.74, 6) is 0.0661. The lowest BCUT2D eigenvalue weighted by atomic mass is 10.1. The van der Waals surface area contributed by atoms with Crippen molar-refractivity contribution in [2.75, 3.05) is 20.2 Å². The molecule has 0 spiro atoms. The molecule has 0 saturated carbocycles. The van der Waals surface area contributed by atoms with Crippen molar-refractivity contribution in [3.63, 3.8) is 0 Å². The monoisotopic (exact) mass is 390 g/mol. The van der Waals surface area contributed by atoms with E-state index < -0.39 is 16.0 Å². The summed E-state index contributed by atoms with van der Waals surface area (Å²) in [4.78, 5) is 16.0. The molecule has 8 heteroatoms. The maximum atomic E-state index is 12.8. The molecule has 0 unspecified atom stereocenters. The fourth-order valence-electron chi connectivity index (χ4n) is 2.97. The van der Waals surface area contributed by atoms with Gasteiger partial charge in [0.1, 0.15) is 6.10 Å². The molecular weight excluding hydrogens is 368 g/mol. The number of pyridine rings is 1. The molecule has 1 aliphatic rings. The van der Waals surface area contributed by atoms with Crippen LogP contribution in [-0.2, 0) is 14.8 Å². The average molecular weight is 390 g/mol. The van der Waals surface area contributed by atoms with E-state index in [1.807, 2.05) is 19.1 Å². The molecule has 144 valence electrons. The molecule has 1 aromatic heterocycles. The zero-order chi connectivity index (χ0) is 19.4. The molecule has 1 fully saturated rings. The van der Waals surface area contributed by atoms with Crippen LogP contribution < -0.4 is 4.74 Å². The molecule has 1 aliphatic heterocycles. The van der Waals surface area contributed by atoms with Crippen molar-refractivity contribution >= 4 is 16.0 Å². The average Bonchev–Trinajstić information content (AvgIpc) is 2.68. The molecule has 0 atom stereocenters. The fraction of sp³-hybridized carbons (Fsp3) is 0.368. The van der Waals surface area contributed by atoms with Crippen molar-refractivity contribution in [2.45, 2.75) is 30.8 Å². The first-order chi connectivity index (χ1) is 12.9. The van der Waals surface area contributed by atoms with Gasteiger partial charge in [-0.1, -0.05) is 6.07 Å². The Morgan fingerprint density at radius 3 is 2.37 bits per heavy atom. The Labute approximate surface area is 159 Å². The molecule has 0 radical (unpaired) electrons. The number of carbonyl (C=O) groups excluding carboxylic acids is 1. The van der Waals surface area contributed by atoms with E-state index in [0.717, 1.165) is 5.69 Å². The molecule has 2 aromatic rings. The number of piperidine rings is 1. The zero-order valence-electron chi connectivity index (χ0n) is 15.3. The topological polar surface area (TPSA) is 85.8 Å². The van der Waals surface area contributed by atoms with Crippen LogP contribution >= 0.6 is 0 Å². The van der Waals surface area contributed by atoms with Crippen LogP contribution in [0.5, 0.6) is 5.88 Å². The molecule has 0 N–H and O–H groups in total. The van der Waals surface area contributed by atoms with Gasteiger partial charge < -0.3 is 9.47 Å². The minimum absolute atomic E-state index is 0.0625. The summed E-state index contributed by atoms with van der Waals surface area (Å²) in [5.41, 5.74) is 1.19. The Bertz CT molecular complexity index is 904. The Morgan fingerprint density at radius 1 is 1.11 bits per heavy atom. The van der Waals surface area contributed by atoms with Crippen LogP contribution in [0.4, 0.5) is 0 Å². The van der Waals surface area contributed by atoms with E-state index in [-0.39, 0.29) is 11.0 Å². The van der Waals surface area contributed by atoms with Gasteiger partial charge in [-0.05, 0) is 50.1 Å². The molecule has 2 heterocycles. The minimum atomic E-state index is -3.60. The number of rotatable bonds is 5. The molecule has 0 bridgehead atoms. The predicted molar refractivity (Wildman–Crippen MR) is 99.2 cm³/mol. The van der Waals surface area contributed by atoms with Crippen LogP contribution in [0.2, 0.25) is 0 Å². The summed E-state index contributed by atoms with van der Waals surface area (Å²) >= 11 is 0. The Balaban J connectivity index is 1.63. The van der Waals surface area contributed by atoms with Crippen LogP contribution in [-0.4, -0.2) is 50.0 Å². The maximum Gasteiger partial charge on any atom is 0.337 e. The number of nitrogens with zero attached hydrogens (tertiary/aromatic N) is 2. The molecule has 0 amide bonds. The first-order valence-corrected chi connectivity index (χ1v) is 10.1. The van der Waals surface area contributed by atoms with Crippen LogP contribution in [0.15, 0.2) is 47.4 Å². The van der Waals surface area contributed by atoms with Gasteiger partial charge in [0, 0.05) is 24.8 Å². The van der Waals surface area contributed by atoms with Crippen molar-refractivity contribution in [3.05, 3.63) is 53.7 Å². The normalized spacial score (nSPS) is 16.1. The lowest BCUT2D eigenvalue weighted by Crippen LogP contribution is -2.41. The van der Waals surface area contributed by atoms with Crippen LogP contribution in [0, 0.1) is 6.92 Å². The molecule has 3 rings (SSSR count). The molecular formula is C19H22N2O5S. The predicted octanol–water partition coefficient (Wildman–Crippen LogP) is 2.41. The van der Waals surface area contributed by atoms with Gasteiger partial charge >= 0.3 is 5.97 Å². The van der Waals surface area contributed by atoms with Gasteiger partial charge in [0.25, 0.3) is 0 Å². The standard InChI is InChI=1S/C19H22N2O5S/c1-14-4-3-5-18(20-14)26-16-10-12-21(13-11-16)27(23,24)17-8-6-15(7-9-17)19(22)25-2/h3-9,16H,10-13H2,1-2H3. The van der Waals surface area contributed by atoms with Gasteiger partial charge in [0.05, 0.1) is 17.6 Å². The Hall–Kier alpha value is -2.45. The first kappa shape index (κ1) is 19.3. The number of esters is 1. The van der Waals surface area contributed by atoms with E-state index in [9.17, 15) is 13.2 Å². The summed E-state index contributed by atoms with van der Waals surface area (Å²) in [5, 5.41) is 0. The van der Waals surface area contributed by atoms with Crippen molar-refractivity contribution < 1.29 is 22.7 Å². The zero-order valence-corrected chi connectivity index (χ0v) is 16.1. The lowest BCUT2D eigenvalue weighted by Gasteiger charge is -2.31. The third kappa shape index (κ3) is 4.45. The summed E-state index contributed by atoms with van der Waals surface area (Å²) in [6.07, 6.45) is 1.12. The van der Waals surface area contributed by atoms with E-state index in [2.05, 4.69) is 9.72 Å². The SMILES string of the molecule is COC(=O)c1ccc(S(=O)(=O)N2CCC(Oc3cccc(C)n3)CC2)cc1. The van der Waals surface area contributed by atoms with Gasteiger partial charge in [-0.3, -0.25) is 0 Å². The highest BCUT2D eigenvalue weighted by molar-refractivity contribution is 7.89. The van der Waals surface area contributed by atoms with E-state index in [4.69, 9.17) is 4.74 Å². The molecule has 0 aliphatic carbocycles. The van der Waals surface area contributed by atoms with E-state index in [1.165, 1.54) is 35.7 Å². The van der Waals surface area contributed by atoms with Crippen molar-refractivity contribution in [3.8, 4) is 5.88 Å². The van der Waals surface area contributed by atoms with Gasteiger partial charge in [0.2, 0.25) is 15.9 Å². The van der Waals surface area contributed by atoms with E-state index in [1.54, 1.807) is 6.07 Å². The summed E-state index contributed by atoms with van der Waals surface area (Å²) < 4.78 is 37.6. The molecule has 1 aromatic carbocycles. The second kappa shape index (κ2) is 8.06. The minimum Gasteiger partial charge on any atom is -0.474 e. The van der Waals surface area contributed by atoms with Crippen molar-refractivity contribution in [2.24, 2.45) is 0 Å². The number of aryl methyl sites for hydroxylation is 1. The third-order valence-corrected chi connectivity index (χ3v) is 6.38. The number of methoxy groups -OCH3 is 1. The van der Waals surface area contributed by atoms with Gasteiger partial charge in [0.15, 0.2) is 0 Å². The number of hydrogen-bond acceptors (Lipinski definition) is 6. The van der Waals surface area contributed by atoms with Crippen molar-refractivity contribution in [1.82, 2.24) is 9.29 Å². The number of benzene rings is 1. The Morgan fingerprint density at radius 2 is 1.78 bits per heavy atom. The second-order valence-corrected chi connectivity index (χ2v) is 8.29. The van der Waals surface area contributed by atoms with Crippen molar-refractivity contribution in [1.29, 1.82) is 0 Å². The molecule has 1 saturated heterocycles. The number of aromatic nitrogens is 1.